The number of hydrogen-bond acceptors (Lipinski definition) is 5. The number of para-hydroxylation sites is 9. The molecule has 0 fully saturated rings. The predicted molar refractivity (Wildman–Crippen MR) is 218 cm³/mol. The first kappa shape index (κ1) is 30.2. The molecule has 0 saturated carbocycles. The van der Waals surface area contributed by atoms with E-state index in [9.17, 15) is 0 Å². The Labute approximate surface area is 311 Å². The monoisotopic (exact) mass is 696 g/mol. The minimum Gasteiger partial charge on any atom is -0.292 e. The summed E-state index contributed by atoms with van der Waals surface area (Å²) in [6, 6.07) is 63.1. The molecule has 0 bridgehead atoms. The van der Waals surface area contributed by atoms with Gasteiger partial charge in [0.15, 0.2) is 0 Å². The van der Waals surface area contributed by atoms with Gasteiger partial charge in [-0.25, -0.2) is 15.0 Å². The molecular formula is C46H32N8. The van der Waals surface area contributed by atoms with E-state index >= 15 is 0 Å². The highest BCUT2D eigenvalue weighted by Crippen LogP contribution is 2.48. The van der Waals surface area contributed by atoms with Gasteiger partial charge in [0.2, 0.25) is 11.9 Å². The third kappa shape index (κ3) is 4.67. The largest absolute Gasteiger partial charge is 0.292 e. The molecule has 10 aromatic rings. The van der Waals surface area contributed by atoms with E-state index in [1.807, 2.05) is 36.4 Å². The van der Waals surface area contributed by atoms with Gasteiger partial charge in [0, 0.05) is 22.6 Å². The summed E-state index contributed by atoms with van der Waals surface area (Å²) in [5.41, 5.74) is 12.1. The Balaban J connectivity index is 1.17. The van der Waals surface area contributed by atoms with Crippen LogP contribution in [0, 0.1) is 0 Å². The predicted octanol–water partition coefficient (Wildman–Crippen LogP) is 10.6. The van der Waals surface area contributed by atoms with Crippen molar-refractivity contribution in [2.75, 3.05) is 16.5 Å². The van der Waals surface area contributed by atoms with Gasteiger partial charge in [-0.2, -0.15) is 0 Å². The zero-order valence-electron chi connectivity index (χ0n) is 29.1. The maximum absolute atomic E-state index is 5.34. The lowest BCUT2D eigenvalue weighted by Crippen LogP contribution is -2.27. The molecule has 0 spiro atoms. The smallest absolute Gasteiger partial charge is 0.217 e. The molecule has 0 aliphatic carbocycles. The summed E-state index contributed by atoms with van der Waals surface area (Å²) in [7, 11) is 0. The number of benzene rings is 7. The Morgan fingerprint density at radius 1 is 0.352 bits per heavy atom. The van der Waals surface area contributed by atoms with Gasteiger partial charge >= 0.3 is 0 Å². The van der Waals surface area contributed by atoms with E-state index < -0.39 is 0 Å². The van der Waals surface area contributed by atoms with Crippen molar-refractivity contribution < 1.29 is 0 Å². The molecule has 8 nitrogen and oxygen atoms in total. The zero-order valence-corrected chi connectivity index (χ0v) is 29.1. The molecule has 8 heteroatoms. The molecule has 1 aliphatic rings. The van der Waals surface area contributed by atoms with Crippen LogP contribution in [0.4, 0.5) is 23.3 Å². The first-order valence-corrected chi connectivity index (χ1v) is 18.1. The van der Waals surface area contributed by atoms with Crippen LogP contribution in [-0.2, 0) is 0 Å². The fraction of sp³-hybridized carbons (Fsp3) is 0.0217. The van der Waals surface area contributed by atoms with Gasteiger partial charge in [-0.15, -0.1) is 0 Å². The number of rotatable bonds is 6. The topological polar surface area (TPSA) is 59.9 Å². The van der Waals surface area contributed by atoms with Crippen molar-refractivity contribution >= 4 is 56.4 Å². The Morgan fingerprint density at radius 2 is 0.759 bits per heavy atom. The Bertz CT molecular complexity index is 2980. The summed E-state index contributed by atoms with van der Waals surface area (Å²) in [6.07, 6.45) is 0. The Hall–Kier alpha value is -7.45. The molecule has 0 radical (unpaired) electrons. The van der Waals surface area contributed by atoms with Crippen molar-refractivity contribution in [3.05, 3.63) is 182 Å². The lowest BCUT2D eigenvalue weighted by atomic mass is 10.1. The molecule has 1 aliphatic heterocycles. The van der Waals surface area contributed by atoms with Crippen LogP contribution in [-0.4, -0.2) is 35.3 Å². The average molecular weight is 697 g/mol. The third-order valence-electron chi connectivity index (χ3n) is 10.3. The van der Waals surface area contributed by atoms with Crippen molar-refractivity contribution in [2.45, 2.75) is 0 Å². The summed E-state index contributed by atoms with van der Waals surface area (Å²) in [4.78, 5) is 20.5. The maximum atomic E-state index is 5.34. The van der Waals surface area contributed by atoms with Crippen LogP contribution in [0.2, 0.25) is 0 Å². The molecule has 0 saturated heterocycles. The van der Waals surface area contributed by atoms with Crippen molar-refractivity contribution in [1.82, 2.24) is 28.7 Å². The van der Waals surface area contributed by atoms with E-state index in [1.165, 1.54) is 0 Å². The van der Waals surface area contributed by atoms with E-state index in [0.29, 0.717) is 6.67 Å². The normalized spacial score (nSPS) is 12.7. The molecule has 11 rings (SSSR count). The number of hydrogen-bond donors (Lipinski definition) is 0. The number of anilines is 4. The average Bonchev–Trinajstić information content (AvgIpc) is 4.01. The van der Waals surface area contributed by atoms with Crippen molar-refractivity contribution in [1.29, 1.82) is 0 Å². The van der Waals surface area contributed by atoms with E-state index in [-0.39, 0.29) is 0 Å². The fourth-order valence-electron chi connectivity index (χ4n) is 7.85. The van der Waals surface area contributed by atoms with Crippen molar-refractivity contribution in [3.63, 3.8) is 0 Å². The third-order valence-corrected chi connectivity index (χ3v) is 10.3. The van der Waals surface area contributed by atoms with Crippen LogP contribution >= 0.6 is 0 Å². The Morgan fingerprint density at radius 3 is 1.28 bits per heavy atom. The first-order valence-electron chi connectivity index (χ1n) is 18.1. The Kier molecular flexibility index (Phi) is 6.75. The quantitative estimate of drug-likeness (QED) is 0.173. The van der Waals surface area contributed by atoms with Gasteiger partial charge in [0.1, 0.15) is 12.5 Å². The van der Waals surface area contributed by atoms with Crippen molar-refractivity contribution in [2.24, 2.45) is 0 Å². The second kappa shape index (κ2) is 12.1. The van der Waals surface area contributed by atoms with Crippen LogP contribution in [0.5, 0.6) is 0 Å². The SMILES string of the molecule is c1ccc(-n2c(-c3ccc4c(c3)N(c3nc5ccccc5n3-c3ccccc3)CN4c3nc4ccccc4n3-c3ccccc3)nc3ccccc32)cc1. The van der Waals surface area contributed by atoms with Gasteiger partial charge in [-0.05, 0) is 91.0 Å². The molecule has 0 atom stereocenters. The molecule has 4 heterocycles. The minimum absolute atomic E-state index is 0.486. The van der Waals surface area contributed by atoms with Crippen LogP contribution in [0.1, 0.15) is 0 Å². The summed E-state index contributed by atoms with van der Waals surface area (Å²) in [5, 5.41) is 0. The molecular weight excluding hydrogens is 665 g/mol. The highest BCUT2D eigenvalue weighted by molar-refractivity contribution is 5.93. The zero-order chi connectivity index (χ0) is 35.6. The highest BCUT2D eigenvalue weighted by atomic mass is 15.5. The van der Waals surface area contributed by atoms with Crippen LogP contribution in [0.15, 0.2) is 182 Å². The molecule has 3 aromatic heterocycles. The van der Waals surface area contributed by atoms with Crippen LogP contribution in [0.25, 0.3) is 61.6 Å². The lowest BCUT2D eigenvalue weighted by Gasteiger charge is -2.22. The van der Waals surface area contributed by atoms with Gasteiger partial charge in [-0.1, -0.05) is 91.0 Å². The van der Waals surface area contributed by atoms with Crippen LogP contribution < -0.4 is 9.80 Å². The lowest BCUT2D eigenvalue weighted by molar-refractivity contribution is 0.885. The van der Waals surface area contributed by atoms with Crippen molar-refractivity contribution in [3.8, 4) is 28.5 Å². The summed E-state index contributed by atoms with van der Waals surface area (Å²) >= 11 is 0. The second-order valence-electron chi connectivity index (χ2n) is 13.4. The fourth-order valence-corrected chi connectivity index (χ4v) is 7.85. The first-order chi connectivity index (χ1) is 26.8. The molecule has 0 amide bonds. The van der Waals surface area contributed by atoms with E-state index in [2.05, 4.69) is 169 Å². The van der Waals surface area contributed by atoms with Gasteiger partial charge in [0.05, 0.1) is 44.5 Å². The second-order valence-corrected chi connectivity index (χ2v) is 13.4. The standard InChI is InChI=1S/C46H32N8/c1-4-16-33(17-5-1)52-39-25-13-10-22-36(39)47-44(52)32-28-29-42-43(30-32)51(46-49-38-24-12-15-27-41(38)54(46)35-20-8-3-9-21-35)31-50(42)45-48-37-23-11-14-26-40(37)53(45)34-18-6-2-7-19-34/h1-30H,31H2. The van der Waals surface area contributed by atoms with Crippen LogP contribution in [0.3, 0.4) is 0 Å². The van der Waals surface area contributed by atoms with E-state index in [0.717, 1.165) is 84.8 Å². The van der Waals surface area contributed by atoms with Gasteiger partial charge in [0.25, 0.3) is 0 Å². The number of nitrogens with zero attached hydrogens (tertiary/aromatic N) is 8. The maximum Gasteiger partial charge on any atom is 0.217 e. The summed E-state index contributed by atoms with van der Waals surface area (Å²) in [5.74, 6) is 2.52. The number of aromatic nitrogens is 6. The summed E-state index contributed by atoms with van der Waals surface area (Å²) < 4.78 is 6.77. The molecule has 54 heavy (non-hydrogen) atoms. The molecule has 7 aromatic carbocycles. The van der Waals surface area contributed by atoms with Gasteiger partial charge in [-0.3, -0.25) is 23.5 Å². The molecule has 0 N–H and O–H groups in total. The molecule has 0 unspecified atom stereocenters. The van der Waals surface area contributed by atoms with Gasteiger partial charge < -0.3 is 0 Å². The highest BCUT2D eigenvalue weighted by Gasteiger charge is 2.35. The summed E-state index contributed by atoms with van der Waals surface area (Å²) in [6.45, 7) is 0.486. The molecule has 256 valence electrons. The number of imidazole rings is 3. The van der Waals surface area contributed by atoms with E-state index in [4.69, 9.17) is 15.0 Å². The minimum atomic E-state index is 0.486. The van der Waals surface area contributed by atoms with E-state index in [1.54, 1.807) is 0 Å². The number of fused-ring (bicyclic) bond motifs is 4.